The molecule has 12 heteroatoms. The Balaban J connectivity index is 2.07. The lowest BCUT2D eigenvalue weighted by atomic mass is 9.84. The van der Waals surface area contributed by atoms with E-state index < -0.39 is 72.9 Å². The van der Waals surface area contributed by atoms with Crippen molar-refractivity contribution in [1.82, 2.24) is 0 Å². The number of carboxylic acids is 1. The van der Waals surface area contributed by atoms with Gasteiger partial charge in [-0.25, -0.2) is 4.79 Å². The van der Waals surface area contributed by atoms with Gasteiger partial charge in [-0.15, -0.1) is 0 Å². The zero-order valence-electron chi connectivity index (χ0n) is 14.0. The second-order valence-electron chi connectivity index (χ2n) is 6.55. The number of aliphatic imine (C=N–C) groups is 1. The largest absolute Gasteiger partial charge is 0.475 e. The van der Waals surface area contributed by atoms with Crippen molar-refractivity contribution in [1.29, 1.82) is 0 Å². The third-order valence-electron chi connectivity index (χ3n) is 4.64. The number of amidine groups is 1. The number of aliphatic hydroxyl groups is 5. The number of carboxylic acid groups (broad SMARTS) is 1. The van der Waals surface area contributed by atoms with Gasteiger partial charge in [-0.3, -0.25) is 4.99 Å². The summed E-state index contributed by atoms with van der Waals surface area (Å²) in [6.45, 7) is 1.59. The number of aliphatic carboxylic acids is 1. The zero-order valence-corrected chi connectivity index (χ0v) is 14.0. The Morgan fingerprint density at radius 3 is 2.08 bits per heavy atom. The predicted octanol–water partition coefficient (Wildman–Crippen LogP) is -4.54. The van der Waals surface area contributed by atoms with Gasteiger partial charge in [0.25, 0.3) is 0 Å². The van der Waals surface area contributed by atoms with E-state index in [2.05, 4.69) is 4.99 Å². The molecule has 1 saturated carbocycles. The Kier molecular flexibility index (Phi) is 6.52. The van der Waals surface area contributed by atoms with E-state index in [1.807, 2.05) is 0 Å². The molecule has 150 valence electrons. The highest BCUT2D eigenvalue weighted by Gasteiger charge is 2.50. The lowest BCUT2D eigenvalue weighted by molar-refractivity contribution is -0.293. The van der Waals surface area contributed by atoms with E-state index >= 15 is 0 Å². The van der Waals surface area contributed by atoms with Crippen molar-refractivity contribution < 1.29 is 44.9 Å². The Hall–Kier alpha value is -1.38. The van der Waals surface area contributed by atoms with Crippen molar-refractivity contribution in [3.05, 3.63) is 0 Å². The van der Waals surface area contributed by atoms with Gasteiger partial charge >= 0.3 is 5.97 Å². The fourth-order valence-corrected chi connectivity index (χ4v) is 3.02. The highest BCUT2D eigenvalue weighted by Crippen LogP contribution is 2.29. The molecule has 2 unspecified atom stereocenters. The maximum absolute atomic E-state index is 10.8. The van der Waals surface area contributed by atoms with E-state index in [0.29, 0.717) is 0 Å². The van der Waals surface area contributed by atoms with E-state index in [4.69, 9.17) is 26.0 Å². The van der Waals surface area contributed by atoms with Crippen LogP contribution in [-0.4, -0.2) is 104 Å². The summed E-state index contributed by atoms with van der Waals surface area (Å²) in [4.78, 5) is 14.6. The van der Waals surface area contributed by atoms with Crippen LogP contribution >= 0.6 is 0 Å². The van der Waals surface area contributed by atoms with Crippen molar-refractivity contribution in [3.63, 3.8) is 0 Å². The molecule has 1 aliphatic heterocycles. The summed E-state index contributed by atoms with van der Waals surface area (Å²) in [7, 11) is 0. The fourth-order valence-electron chi connectivity index (χ4n) is 3.02. The number of nitrogens with zero attached hydrogens (tertiary/aromatic N) is 1. The Bertz CT molecular complexity index is 532. The van der Waals surface area contributed by atoms with E-state index in [0.717, 1.165) is 0 Å². The third kappa shape index (κ3) is 4.13. The minimum Gasteiger partial charge on any atom is -0.475 e. The van der Waals surface area contributed by atoms with Crippen LogP contribution in [0.4, 0.5) is 0 Å². The average molecular weight is 382 g/mol. The van der Waals surface area contributed by atoms with Gasteiger partial charge in [0, 0.05) is 0 Å². The summed E-state index contributed by atoms with van der Waals surface area (Å²) >= 11 is 0. The standard InChI is InChI=1S/C14H25N3O9/c1-3-5(17-12(16)13(23)24)2-4(15)14(25-3)26-11-9(21)7(19)6(18)8(20)10(11)22/h3-11,14,18-22H,2,15H2,1H3,(H2,16,17)(H,23,24)/t3-,4+,5+,6?,7+,8+,9-,10+,11?,14-/m1/s1/i12+1,13+1,16+1. The van der Waals surface area contributed by atoms with E-state index in [-0.39, 0.29) is 6.42 Å². The molecule has 2 rings (SSSR count). The molecule has 2 fully saturated rings. The summed E-state index contributed by atoms with van der Waals surface area (Å²) in [6.07, 6.45) is -11.7. The zero-order chi connectivity index (χ0) is 19.8. The molecule has 1 heterocycles. The highest BCUT2D eigenvalue weighted by atomic mass is 16.7. The van der Waals surface area contributed by atoms with Crippen LogP contribution in [0, 0.1) is 0 Å². The second-order valence-corrected chi connectivity index (χ2v) is 6.55. The molecule has 0 aromatic heterocycles. The molecule has 0 radical (unpaired) electrons. The van der Waals surface area contributed by atoms with Gasteiger partial charge in [0.15, 0.2) is 6.29 Å². The van der Waals surface area contributed by atoms with Crippen molar-refractivity contribution in [3.8, 4) is 0 Å². The fraction of sp³-hybridized carbons (Fsp3) is 0.857. The van der Waals surface area contributed by atoms with Crippen LogP contribution in [0.5, 0.6) is 0 Å². The minimum atomic E-state index is -1.74. The average Bonchev–Trinajstić information content (AvgIpc) is 2.58. The molecule has 12 nitrogen and oxygen atoms in total. The van der Waals surface area contributed by atoms with E-state index in [9.17, 15) is 30.3 Å². The van der Waals surface area contributed by atoms with Crippen LogP contribution in [0.1, 0.15) is 13.3 Å². The number of ether oxygens (including phenoxy) is 2. The summed E-state index contributed by atoms with van der Waals surface area (Å²) in [5, 5.41) is 57.8. The molecule has 10 atom stereocenters. The third-order valence-corrected chi connectivity index (χ3v) is 4.64. The molecular weight excluding hydrogens is 357 g/mol. The number of hydrogen-bond acceptors (Lipinski definition) is 10. The number of rotatable bonds is 3. The lowest BCUT2D eigenvalue weighted by Gasteiger charge is -2.45. The molecule has 0 aromatic rings. The number of aliphatic hydroxyl groups excluding tert-OH is 5. The molecule has 1 aliphatic carbocycles. The number of hydrogen-bond donors (Lipinski definition) is 8. The first-order valence-electron chi connectivity index (χ1n) is 8.08. The first-order valence-corrected chi connectivity index (χ1v) is 8.08. The van der Waals surface area contributed by atoms with E-state index in [1.54, 1.807) is 6.92 Å². The van der Waals surface area contributed by atoms with Crippen LogP contribution in [0.3, 0.4) is 0 Å². The highest BCUT2D eigenvalue weighted by molar-refractivity contribution is 6.33. The predicted molar refractivity (Wildman–Crippen MR) is 84.9 cm³/mol. The lowest BCUT2D eigenvalue weighted by Crippen LogP contribution is -2.66. The van der Waals surface area contributed by atoms with Gasteiger partial charge in [0.05, 0.1) is 18.2 Å². The normalized spacial score (nSPS) is 47.6. The topological polar surface area (TPSA) is 221 Å². The Morgan fingerprint density at radius 2 is 1.58 bits per heavy atom. The maximum atomic E-state index is 10.8. The summed E-state index contributed by atoms with van der Waals surface area (Å²) < 4.78 is 11.0. The first-order chi connectivity index (χ1) is 12.0. The maximum Gasteiger partial charge on any atom is 0.370 e. The molecule has 0 aromatic carbocycles. The van der Waals surface area contributed by atoms with Crippen molar-refractivity contribution in [2.24, 2.45) is 16.5 Å². The van der Waals surface area contributed by atoms with Crippen LogP contribution < -0.4 is 11.5 Å². The molecule has 0 amide bonds. The molecule has 0 spiro atoms. The number of carbonyl (C=O) groups is 1. The van der Waals surface area contributed by atoms with Gasteiger partial charge in [-0.05, 0) is 13.3 Å². The number of nitrogens with two attached hydrogens (primary N) is 2. The van der Waals surface area contributed by atoms with Crippen LogP contribution in [0.25, 0.3) is 0 Å². The molecule has 26 heavy (non-hydrogen) atoms. The van der Waals surface area contributed by atoms with Crippen LogP contribution in [0.15, 0.2) is 4.99 Å². The summed E-state index contributed by atoms with van der Waals surface area (Å²) in [5.41, 5.74) is 11.2. The van der Waals surface area contributed by atoms with Crippen molar-refractivity contribution in [2.75, 3.05) is 0 Å². The van der Waals surface area contributed by atoms with Crippen molar-refractivity contribution in [2.45, 2.75) is 74.4 Å². The smallest absolute Gasteiger partial charge is 0.370 e. The SMILES string of the molecule is C[C@H]1O[C@H](OC2[C@@H](O)[C@@H](O)C(O)[C@H](O)[C@H]2O)[C@@H](N)C[C@@H]1N=[13C]([15NH2])[13C](=O)O. The van der Waals surface area contributed by atoms with Gasteiger partial charge in [0.1, 0.15) is 36.6 Å². The van der Waals surface area contributed by atoms with Gasteiger partial charge in [-0.1, -0.05) is 0 Å². The van der Waals surface area contributed by atoms with Gasteiger partial charge in [-0.2, -0.15) is 0 Å². The summed E-state index contributed by atoms with van der Waals surface area (Å²) in [6, 6.07) is -1.46. The molecule has 2 aliphatic rings. The van der Waals surface area contributed by atoms with E-state index in [1.165, 1.54) is 0 Å². The molecule has 1 saturated heterocycles. The Labute approximate surface area is 148 Å². The molecule has 10 N–H and O–H groups in total. The van der Waals surface area contributed by atoms with Gasteiger partial charge in [0.2, 0.25) is 5.84 Å². The van der Waals surface area contributed by atoms with Crippen LogP contribution in [-0.2, 0) is 14.3 Å². The molecule has 0 bridgehead atoms. The van der Waals surface area contributed by atoms with Gasteiger partial charge < -0.3 is 51.6 Å². The van der Waals surface area contributed by atoms with Crippen molar-refractivity contribution >= 4 is 11.8 Å². The van der Waals surface area contributed by atoms with Crippen LogP contribution in [0.2, 0.25) is 0 Å². The summed E-state index contributed by atoms with van der Waals surface area (Å²) in [5.74, 6) is -1.96. The molecular formula is C14H25N3O9. The minimum absolute atomic E-state index is 0.145. The second kappa shape index (κ2) is 8.10. The monoisotopic (exact) mass is 382 g/mol. The Morgan fingerprint density at radius 1 is 1.08 bits per heavy atom. The first kappa shape index (κ1) is 20.9. The quantitative estimate of drug-likeness (QED) is 0.100.